The van der Waals surface area contributed by atoms with E-state index in [9.17, 15) is 9.90 Å². The summed E-state index contributed by atoms with van der Waals surface area (Å²) in [7, 11) is 0. The van der Waals surface area contributed by atoms with E-state index in [1.54, 1.807) is 6.07 Å². The molecule has 0 radical (unpaired) electrons. The Balaban J connectivity index is 1.91. The molecule has 2 heterocycles. The largest absolute Gasteiger partial charge is 0.507 e. The van der Waals surface area contributed by atoms with Gasteiger partial charge in [-0.3, -0.25) is 9.89 Å². The highest BCUT2D eigenvalue weighted by molar-refractivity contribution is 6.30. The Morgan fingerprint density at radius 3 is 2.59 bits per heavy atom. The second-order valence-electron chi connectivity index (χ2n) is 7.64. The lowest BCUT2D eigenvalue weighted by atomic mass is 9.93. The van der Waals surface area contributed by atoms with E-state index in [2.05, 4.69) is 17.1 Å². The van der Waals surface area contributed by atoms with Gasteiger partial charge in [-0.05, 0) is 55.2 Å². The summed E-state index contributed by atoms with van der Waals surface area (Å²) in [5.41, 5.74) is 5.48. The van der Waals surface area contributed by atoms with Crippen molar-refractivity contribution in [1.82, 2.24) is 15.1 Å². The van der Waals surface area contributed by atoms with Crippen LogP contribution in [0.1, 0.15) is 58.5 Å². The number of hydrogen-bond acceptors (Lipinski definition) is 3. The molecule has 1 aliphatic rings. The number of fused-ring (bicyclic) bond motifs is 1. The molecule has 1 amide bonds. The third-order valence-corrected chi connectivity index (χ3v) is 5.75. The number of aromatic amines is 1. The molecule has 1 aromatic heterocycles. The minimum absolute atomic E-state index is 0.0589. The third kappa shape index (κ3) is 3.29. The Hall–Kier alpha value is -2.79. The number of carbonyl (C=O) groups excluding carboxylic acids is 1. The molecule has 0 bridgehead atoms. The second-order valence-corrected chi connectivity index (χ2v) is 8.08. The smallest absolute Gasteiger partial charge is 0.273 e. The quantitative estimate of drug-likeness (QED) is 0.592. The maximum absolute atomic E-state index is 13.2. The van der Waals surface area contributed by atoms with Crippen molar-refractivity contribution in [2.24, 2.45) is 0 Å². The molecular weight excluding hydrogens is 386 g/mol. The summed E-state index contributed by atoms with van der Waals surface area (Å²) in [6.45, 7) is 6.66. The van der Waals surface area contributed by atoms with E-state index in [0.717, 1.165) is 35.1 Å². The number of benzene rings is 2. The maximum Gasteiger partial charge on any atom is 0.273 e. The highest BCUT2D eigenvalue weighted by Crippen LogP contribution is 2.45. The lowest BCUT2D eigenvalue weighted by molar-refractivity contribution is 0.0741. The van der Waals surface area contributed by atoms with Crippen molar-refractivity contribution in [3.63, 3.8) is 0 Å². The van der Waals surface area contributed by atoms with Gasteiger partial charge in [-0.25, -0.2) is 0 Å². The highest BCUT2D eigenvalue weighted by atomic mass is 35.5. The number of phenols is 1. The van der Waals surface area contributed by atoms with E-state index in [0.29, 0.717) is 28.5 Å². The van der Waals surface area contributed by atoms with Crippen molar-refractivity contribution in [3.8, 4) is 17.0 Å². The summed E-state index contributed by atoms with van der Waals surface area (Å²) in [6.07, 6.45) is 1.91. The Morgan fingerprint density at radius 1 is 1.21 bits per heavy atom. The number of nitrogens with one attached hydrogen (secondary N) is 1. The van der Waals surface area contributed by atoms with Crippen molar-refractivity contribution in [3.05, 3.63) is 69.4 Å². The van der Waals surface area contributed by atoms with Crippen LogP contribution in [0.15, 0.2) is 36.4 Å². The summed E-state index contributed by atoms with van der Waals surface area (Å²) in [5, 5.41) is 18.7. The van der Waals surface area contributed by atoms with Crippen molar-refractivity contribution >= 4 is 17.5 Å². The average molecular weight is 410 g/mol. The molecule has 6 heteroatoms. The van der Waals surface area contributed by atoms with Gasteiger partial charge in [0.2, 0.25) is 0 Å². The predicted molar refractivity (Wildman–Crippen MR) is 114 cm³/mol. The number of carbonyl (C=O) groups is 1. The van der Waals surface area contributed by atoms with Crippen LogP contribution in [-0.4, -0.2) is 32.7 Å². The number of halogens is 1. The second kappa shape index (κ2) is 7.56. The molecule has 1 aliphatic heterocycles. The lowest BCUT2D eigenvalue weighted by Gasteiger charge is -2.26. The Morgan fingerprint density at radius 2 is 1.93 bits per heavy atom. The number of nitrogens with zero attached hydrogens (tertiary/aromatic N) is 2. The van der Waals surface area contributed by atoms with Crippen LogP contribution < -0.4 is 0 Å². The molecular formula is C23H24ClN3O2. The molecule has 0 spiro atoms. The summed E-state index contributed by atoms with van der Waals surface area (Å²) in [5.74, 6) is 0.113. The molecule has 0 aliphatic carbocycles. The van der Waals surface area contributed by atoms with Crippen LogP contribution in [-0.2, 0) is 0 Å². The Kier molecular flexibility index (Phi) is 5.09. The van der Waals surface area contributed by atoms with Gasteiger partial charge in [0.05, 0.1) is 6.04 Å². The summed E-state index contributed by atoms with van der Waals surface area (Å²) >= 11 is 6.10. The van der Waals surface area contributed by atoms with Crippen molar-refractivity contribution in [1.29, 1.82) is 0 Å². The van der Waals surface area contributed by atoms with E-state index >= 15 is 0 Å². The molecule has 29 heavy (non-hydrogen) atoms. The molecule has 2 N–H and O–H groups in total. The van der Waals surface area contributed by atoms with Gasteiger partial charge in [0.15, 0.2) is 0 Å². The zero-order valence-electron chi connectivity index (χ0n) is 16.8. The lowest BCUT2D eigenvalue weighted by Crippen LogP contribution is -2.30. The van der Waals surface area contributed by atoms with Gasteiger partial charge < -0.3 is 10.0 Å². The first kappa shape index (κ1) is 19.5. The maximum atomic E-state index is 13.2. The van der Waals surface area contributed by atoms with E-state index < -0.39 is 0 Å². The number of aromatic hydroxyl groups is 1. The van der Waals surface area contributed by atoms with Crippen LogP contribution in [0.2, 0.25) is 5.02 Å². The predicted octanol–water partition coefficient (Wildman–Crippen LogP) is 5.40. The monoisotopic (exact) mass is 409 g/mol. The van der Waals surface area contributed by atoms with Crippen LogP contribution in [0.4, 0.5) is 0 Å². The minimum atomic E-state index is -0.268. The number of amides is 1. The van der Waals surface area contributed by atoms with Gasteiger partial charge in [-0.2, -0.15) is 5.10 Å². The van der Waals surface area contributed by atoms with Crippen LogP contribution in [0.5, 0.6) is 5.75 Å². The molecule has 150 valence electrons. The Bertz CT molecular complexity index is 1050. The number of aromatic nitrogens is 2. The third-order valence-electron chi connectivity index (χ3n) is 5.50. The van der Waals surface area contributed by atoms with Crippen molar-refractivity contribution in [2.75, 3.05) is 6.54 Å². The zero-order valence-corrected chi connectivity index (χ0v) is 17.5. The fourth-order valence-electron chi connectivity index (χ4n) is 4.19. The minimum Gasteiger partial charge on any atom is -0.507 e. The van der Waals surface area contributed by atoms with Crippen LogP contribution in [0.3, 0.4) is 0 Å². The van der Waals surface area contributed by atoms with E-state index in [1.807, 2.05) is 49.1 Å². The van der Waals surface area contributed by atoms with E-state index in [1.165, 1.54) is 0 Å². The SMILES string of the molecule is CCCCN1C(=O)c2[nH]nc(-c3c(C)cc(C)cc3O)c2C1c1ccc(Cl)cc1. The van der Waals surface area contributed by atoms with Gasteiger partial charge >= 0.3 is 0 Å². The number of unbranched alkanes of at least 4 members (excludes halogenated alkanes) is 1. The van der Waals surface area contributed by atoms with E-state index in [4.69, 9.17) is 11.6 Å². The van der Waals surface area contributed by atoms with Crippen molar-refractivity contribution < 1.29 is 9.90 Å². The number of phenolic OH excluding ortho intramolecular Hbond substituents is 1. The summed E-state index contributed by atoms with van der Waals surface area (Å²) in [4.78, 5) is 15.1. The molecule has 5 nitrogen and oxygen atoms in total. The first-order valence-electron chi connectivity index (χ1n) is 9.87. The fraction of sp³-hybridized carbons (Fsp3) is 0.304. The summed E-state index contributed by atoms with van der Waals surface area (Å²) < 4.78 is 0. The number of rotatable bonds is 5. The molecule has 1 atom stereocenters. The molecule has 0 saturated carbocycles. The molecule has 0 saturated heterocycles. The average Bonchev–Trinajstić information content (AvgIpc) is 3.20. The standard InChI is InChI=1S/C23H24ClN3O2/c1-4-5-10-27-22(15-6-8-16(24)9-7-15)19-20(25-26-21(19)23(27)29)18-14(3)11-13(2)12-17(18)28/h6-9,11-12,22,28H,4-5,10H2,1-3H3,(H,25,26). The van der Waals surface area contributed by atoms with Gasteiger partial charge in [0.25, 0.3) is 5.91 Å². The first-order valence-corrected chi connectivity index (χ1v) is 10.3. The molecule has 2 aromatic carbocycles. The van der Waals surface area contributed by atoms with Gasteiger partial charge in [0.1, 0.15) is 17.1 Å². The number of aryl methyl sites for hydroxylation is 2. The highest BCUT2D eigenvalue weighted by Gasteiger charge is 2.42. The van der Waals surface area contributed by atoms with E-state index in [-0.39, 0.29) is 17.7 Å². The molecule has 0 fully saturated rings. The summed E-state index contributed by atoms with van der Waals surface area (Å²) in [6, 6.07) is 11.1. The fourth-order valence-corrected chi connectivity index (χ4v) is 4.32. The van der Waals surface area contributed by atoms with Crippen LogP contribution in [0.25, 0.3) is 11.3 Å². The molecule has 1 unspecified atom stereocenters. The molecule has 4 rings (SSSR count). The number of hydrogen-bond donors (Lipinski definition) is 2. The number of H-pyrrole nitrogens is 1. The topological polar surface area (TPSA) is 69.2 Å². The van der Waals surface area contributed by atoms with Gasteiger partial charge in [-0.1, -0.05) is 43.1 Å². The zero-order chi connectivity index (χ0) is 20.7. The normalized spacial score (nSPS) is 15.8. The van der Waals surface area contributed by atoms with Crippen molar-refractivity contribution in [2.45, 2.75) is 39.7 Å². The first-order chi connectivity index (χ1) is 13.9. The van der Waals surface area contributed by atoms with Gasteiger partial charge in [-0.15, -0.1) is 0 Å². The van der Waals surface area contributed by atoms with Crippen LogP contribution in [0, 0.1) is 13.8 Å². The Labute approximate surface area is 175 Å². The van der Waals surface area contributed by atoms with Gasteiger partial charge in [0, 0.05) is 22.7 Å². The van der Waals surface area contributed by atoms with Crippen LogP contribution >= 0.6 is 11.6 Å². The molecule has 3 aromatic rings.